The molecule has 0 aliphatic carbocycles. The van der Waals surface area contributed by atoms with E-state index in [1.807, 2.05) is 30.3 Å². The lowest BCUT2D eigenvalue weighted by Crippen LogP contribution is -2.36. The van der Waals surface area contributed by atoms with Gasteiger partial charge in [0.15, 0.2) is 0 Å². The maximum absolute atomic E-state index is 13.8. The van der Waals surface area contributed by atoms with Crippen LogP contribution in [0.25, 0.3) is 0 Å². The van der Waals surface area contributed by atoms with Gasteiger partial charge in [-0.25, -0.2) is 8.78 Å². The molecule has 0 aliphatic heterocycles. The number of halogens is 2. The smallest absolute Gasteiger partial charge is 0.257 e. The number of nitrogens with one attached hydrogen (secondary N) is 1. The molecule has 0 aromatic heterocycles. The predicted octanol–water partition coefficient (Wildman–Crippen LogP) is 3.17. The Labute approximate surface area is 138 Å². The molecule has 1 atom stereocenters. The number of rotatable bonds is 6. The van der Waals surface area contributed by atoms with E-state index in [4.69, 9.17) is 10.00 Å². The van der Waals surface area contributed by atoms with E-state index in [0.29, 0.717) is 6.61 Å². The Morgan fingerprint density at radius 1 is 1.25 bits per heavy atom. The van der Waals surface area contributed by atoms with E-state index >= 15 is 0 Å². The van der Waals surface area contributed by atoms with Crippen LogP contribution in [0.1, 0.15) is 28.4 Å². The van der Waals surface area contributed by atoms with Crippen molar-refractivity contribution in [2.75, 3.05) is 6.61 Å². The summed E-state index contributed by atoms with van der Waals surface area (Å²) in [6.45, 7) is 2.24. The fraction of sp³-hybridized carbons (Fsp3) is 0.222. The van der Waals surface area contributed by atoms with Gasteiger partial charge in [-0.1, -0.05) is 30.3 Å². The molecular formula is C18H16F2N2O2. The Hall–Kier alpha value is -2.78. The van der Waals surface area contributed by atoms with Gasteiger partial charge in [0.1, 0.15) is 17.2 Å². The van der Waals surface area contributed by atoms with Crippen LogP contribution >= 0.6 is 0 Å². The summed E-state index contributed by atoms with van der Waals surface area (Å²) >= 11 is 0. The van der Waals surface area contributed by atoms with Crippen LogP contribution in [-0.4, -0.2) is 18.6 Å². The van der Waals surface area contributed by atoms with Crippen LogP contribution in [0, 0.1) is 23.0 Å². The Balaban J connectivity index is 1.91. The monoisotopic (exact) mass is 330 g/mol. The van der Waals surface area contributed by atoms with Crippen molar-refractivity contribution in [2.24, 2.45) is 0 Å². The molecule has 0 heterocycles. The Bertz CT molecular complexity index is 734. The van der Waals surface area contributed by atoms with Gasteiger partial charge in [-0.3, -0.25) is 4.79 Å². The van der Waals surface area contributed by atoms with Crippen molar-refractivity contribution in [3.05, 3.63) is 70.8 Å². The number of hydrogen-bond acceptors (Lipinski definition) is 3. The number of nitriles is 1. The first-order valence-electron chi connectivity index (χ1n) is 7.33. The van der Waals surface area contributed by atoms with Crippen molar-refractivity contribution in [1.82, 2.24) is 5.32 Å². The molecule has 124 valence electrons. The molecule has 0 aliphatic rings. The minimum Gasteiger partial charge on any atom is -0.375 e. The van der Waals surface area contributed by atoms with Gasteiger partial charge < -0.3 is 10.1 Å². The van der Waals surface area contributed by atoms with E-state index in [-0.39, 0.29) is 12.2 Å². The van der Waals surface area contributed by atoms with Crippen LogP contribution in [0.15, 0.2) is 42.5 Å². The Morgan fingerprint density at radius 3 is 2.46 bits per heavy atom. The molecule has 1 N–H and O–H groups in total. The first-order chi connectivity index (χ1) is 11.5. The standard InChI is InChI=1S/C18H16F2N2O2/c1-12(10-24-11-13-5-3-2-4-6-13)22-18(23)17-15(19)7-14(9-21)8-16(17)20/h2-8,12H,10-11H2,1H3,(H,22,23). The third-order valence-corrected chi connectivity index (χ3v) is 3.26. The highest BCUT2D eigenvalue weighted by Gasteiger charge is 2.20. The molecule has 24 heavy (non-hydrogen) atoms. The van der Waals surface area contributed by atoms with Crippen LogP contribution < -0.4 is 5.32 Å². The van der Waals surface area contributed by atoms with Gasteiger partial charge in [0.05, 0.1) is 24.8 Å². The van der Waals surface area contributed by atoms with Gasteiger partial charge in [0.25, 0.3) is 5.91 Å². The first kappa shape index (κ1) is 17.6. The molecule has 1 amide bonds. The third kappa shape index (κ3) is 4.61. The molecule has 0 radical (unpaired) electrons. The summed E-state index contributed by atoms with van der Waals surface area (Å²) in [6.07, 6.45) is 0. The topological polar surface area (TPSA) is 62.1 Å². The van der Waals surface area contributed by atoms with E-state index < -0.39 is 29.1 Å². The Kier molecular flexibility index (Phi) is 5.99. The zero-order chi connectivity index (χ0) is 17.5. The number of carbonyl (C=O) groups excluding carboxylic acids is 1. The highest BCUT2D eigenvalue weighted by atomic mass is 19.1. The van der Waals surface area contributed by atoms with Gasteiger partial charge in [-0.05, 0) is 24.6 Å². The zero-order valence-electron chi connectivity index (χ0n) is 13.1. The van der Waals surface area contributed by atoms with Crippen molar-refractivity contribution in [3.63, 3.8) is 0 Å². The van der Waals surface area contributed by atoms with Gasteiger partial charge in [0.2, 0.25) is 0 Å². The van der Waals surface area contributed by atoms with E-state index in [1.54, 1.807) is 13.0 Å². The summed E-state index contributed by atoms with van der Waals surface area (Å²) < 4.78 is 33.0. The summed E-state index contributed by atoms with van der Waals surface area (Å²) in [7, 11) is 0. The highest BCUT2D eigenvalue weighted by molar-refractivity contribution is 5.95. The van der Waals surface area contributed by atoms with Gasteiger partial charge >= 0.3 is 0 Å². The lowest BCUT2D eigenvalue weighted by molar-refractivity contribution is 0.0814. The summed E-state index contributed by atoms with van der Waals surface area (Å²) in [5, 5.41) is 11.1. The molecular weight excluding hydrogens is 314 g/mol. The lowest BCUT2D eigenvalue weighted by atomic mass is 10.1. The van der Waals surface area contributed by atoms with Crippen molar-refractivity contribution in [1.29, 1.82) is 5.26 Å². The van der Waals surface area contributed by atoms with Gasteiger partial charge in [-0.2, -0.15) is 5.26 Å². The fourth-order valence-electron chi connectivity index (χ4n) is 2.12. The minimum atomic E-state index is -1.07. The molecule has 6 heteroatoms. The van der Waals surface area contributed by atoms with Crippen LogP contribution in [0.3, 0.4) is 0 Å². The molecule has 2 aromatic carbocycles. The normalized spacial score (nSPS) is 11.6. The Morgan fingerprint density at radius 2 is 1.88 bits per heavy atom. The van der Waals surface area contributed by atoms with Crippen LogP contribution in [0.2, 0.25) is 0 Å². The maximum Gasteiger partial charge on any atom is 0.257 e. The van der Waals surface area contributed by atoms with E-state index in [9.17, 15) is 13.6 Å². The van der Waals surface area contributed by atoms with E-state index in [1.165, 1.54) is 0 Å². The van der Waals surface area contributed by atoms with Gasteiger partial charge in [0, 0.05) is 6.04 Å². The number of nitrogens with zero attached hydrogens (tertiary/aromatic N) is 1. The second kappa shape index (κ2) is 8.18. The molecule has 2 rings (SSSR count). The SMILES string of the molecule is CC(COCc1ccccc1)NC(=O)c1c(F)cc(C#N)cc1F. The van der Waals surface area contributed by atoms with Crippen molar-refractivity contribution in [2.45, 2.75) is 19.6 Å². The fourth-order valence-corrected chi connectivity index (χ4v) is 2.12. The predicted molar refractivity (Wildman–Crippen MR) is 84.1 cm³/mol. The summed E-state index contributed by atoms with van der Waals surface area (Å²) in [6, 6.07) is 12.3. The lowest BCUT2D eigenvalue weighted by Gasteiger charge is -2.15. The quantitative estimate of drug-likeness (QED) is 0.885. The first-order valence-corrected chi connectivity index (χ1v) is 7.33. The van der Waals surface area contributed by atoms with Crippen LogP contribution in [0.5, 0.6) is 0 Å². The maximum atomic E-state index is 13.8. The number of amides is 1. The third-order valence-electron chi connectivity index (χ3n) is 3.26. The second-order valence-electron chi connectivity index (χ2n) is 5.30. The number of benzene rings is 2. The average Bonchev–Trinajstić information content (AvgIpc) is 2.55. The highest BCUT2D eigenvalue weighted by Crippen LogP contribution is 2.15. The minimum absolute atomic E-state index is 0.180. The molecule has 0 bridgehead atoms. The van der Waals surface area contributed by atoms with Crippen LogP contribution in [0.4, 0.5) is 8.78 Å². The summed E-state index contributed by atoms with van der Waals surface area (Å²) in [5.41, 5.74) is 0.102. The second-order valence-corrected chi connectivity index (χ2v) is 5.30. The largest absolute Gasteiger partial charge is 0.375 e. The number of ether oxygens (including phenoxy) is 1. The zero-order valence-corrected chi connectivity index (χ0v) is 13.1. The summed E-state index contributed by atoms with van der Waals surface area (Å²) in [4.78, 5) is 12.0. The molecule has 0 spiro atoms. The molecule has 1 unspecified atom stereocenters. The summed E-state index contributed by atoms with van der Waals surface area (Å²) in [5.74, 6) is -3.02. The molecule has 2 aromatic rings. The van der Waals surface area contributed by atoms with Crippen molar-refractivity contribution in [3.8, 4) is 6.07 Å². The van der Waals surface area contributed by atoms with Crippen molar-refractivity contribution >= 4 is 5.91 Å². The molecule has 0 saturated carbocycles. The van der Waals surface area contributed by atoms with E-state index in [2.05, 4.69) is 5.32 Å². The number of hydrogen-bond donors (Lipinski definition) is 1. The molecule has 0 fully saturated rings. The number of carbonyl (C=O) groups is 1. The van der Waals surface area contributed by atoms with Crippen molar-refractivity contribution < 1.29 is 18.3 Å². The van der Waals surface area contributed by atoms with E-state index in [0.717, 1.165) is 17.7 Å². The molecule has 0 saturated heterocycles. The van der Waals surface area contributed by atoms with Gasteiger partial charge in [-0.15, -0.1) is 0 Å². The molecule has 4 nitrogen and oxygen atoms in total. The van der Waals surface area contributed by atoms with Crippen LogP contribution in [-0.2, 0) is 11.3 Å². The average molecular weight is 330 g/mol.